The molecule has 0 radical (unpaired) electrons. The van der Waals surface area contributed by atoms with Crippen LogP contribution in [-0.2, 0) is 16.0 Å². The number of aliphatic hydroxyl groups excluding tert-OH is 1. The lowest BCUT2D eigenvalue weighted by atomic mass is 9.93. The normalized spacial score (nSPS) is 19.3. The molecule has 7 heteroatoms. The van der Waals surface area contributed by atoms with Crippen LogP contribution in [0.15, 0.2) is 72.3 Å². The summed E-state index contributed by atoms with van der Waals surface area (Å²) in [6.45, 7) is 0.641. The summed E-state index contributed by atoms with van der Waals surface area (Å²) in [7, 11) is 0. The van der Waals surface area contributed by atoms with Gasteiger partial charge in [0.05, 0.1) is 23.2 Å². The predicted molar refractivity (Wildman–Crippen MR) is 125 cm³/mol. The lowest BCUT2D eigenvalue weighted by Gasteiger charge is -2.25. The lowest BCUT2D eigenvalue weighted by Crippen LogP contribution is -2.29. The molecule has 3 aromatic carbocycles. The first-order valence-corrected chi connectivity index (χ1v) is 10.9. The average molecular weight is 462 g/mol. The second-order valence-corrected chi connectivity index (χ2v) is 8.40. The van der Waals surface area contributed by atoms with Gasteiger partial charge in [0.2, 0.25) is 0 Å². The van der Waals surface area contributed by atoms with Gasteiger partial charge in [-0.3, -0.25) is 14.5 Å². The van der Waals surface area contributed by atoms with E-state index < -0.39 is 17.7 Å². The molecule has 0 saturated carbocycles. The van der Waals surface area contributed by atoms with E-state index in [1.54, 1.807) is 48.5 Å². The molecule has 3 aromatic rings. The minimum Gasteiger partial charge on any atom is -0.507 e. The summed E-state index contributed by atoms with van der Waals surface area (Å²) < 4.78 is 5.65. The number of carbonyl (C=O) groups excluding carboxylic acids is 2. The van der Waals surface area contributed by atoms with Gasteiger partial charge in [0.15, 0.2) is 0 Å². The van der Waals surface area contributed by atoms with Crippen LogP contribution in [0.5, 0.6) is 11.5 Å². The van der Waals surface area contributed by atoms with Gasteiger partial charge in [-0.2, -0.15) is 0 Å². The molecular formula is C26H20ClNO5. The third-order valence-electron chi connectivity index (χ3n) is 5.95. The number of aliphatic hydroxyl groups is 1. The van der Waals surface area contributed by atoms with Gasteiger partial charge >= 0.3 is 0 Å². The molecule has 2 aliphatic rings. The molecule has 1 fully saturated rings. The van der Waals surface area contributed by atoms with Gasteiger partial charge in [-0.1, -0.05) is 35.9 Å². The van der Waals surface area contributed by atoms with Gasteiger partial charge in [0, 0.05) is 11.3 Å². The maximum atomic E-state index is 13.2. The van der Waals surface area contributed by atoms with E-state index in [-0.39, 0.29) is 22.1 Å². The minimum absolute atomic E-state index is 0.0395. The first-order chi connectivity index (χ1) is 16.0. The van der Waals surface area contributed by atoms with Crippen molar-refractivity contribution in [2.75, 3.05) is 11.5 Å². The van der Waals surface area contributed by atoms with E-state index in [4.69, 9.17) is 16.3 Å². The first kappa shape index (κ1) is 21.1. The second-order valence-electron chi connectivity index (χ2n) is 7.99. The predicted octanol–water partition coefficient (Wildman–Crippen LogP) is 5.00. The summed E-state index contributed by atoms with van der Waals surface area (Å²) in [5.41, 5.74) is 2.32. The molecule has 5 rings (SSSR count). The van der Waals surface area contributed by atoms with Crippen LogP contribution in [-0.4, -0.2) is 28.5 Å². The summed E-state index contributed by atoms with van der Waals surface area (Å²) in [4.78, 5) is 27.7. The molecule has 1 unspecified atom stereocenters. The standard InChI is InChI=1S/C26H20ClNO5/c27-19-14-16(8-10-20(19)29)23-22(25(31)26(32)28(23)18-6-2-1-3-7-18)24(30)17-9-11-21-15(13-17)5-4-12-33-21/h1-3,6-11,13-14,23,29-30H,4-5,12H2/b24-22-. The van der Waals surface area contributed by atoms with Crippen LogP contribution in [0.25, 0.3) is 5.76 Å². The van der Waals surface area contributed by atoms with Crippen LogP contribution < -0.4 is 9.64 Å². The van der Waals surface area contributed by atoms with Crippen LogP contribution in [0.1, 0.15) is 29.2 Å². The van der Waals surface area contributed by atoms with Crippen molar-refractivity contribution >= 4 is 34.7 Å². The largest absolute Gasteiger partial charge is 0.507 e. The molecule has 2 heterocycles. The third-order valence-corrected chi connectivity index (χ3v) is 6.25. The number of halogens is 1. The van der Waals surface area contributed by atoms with Crippen LogP contribution in [0.2, 0.25) is 5.02 Å². The molecule has 0 bridgehead atoms. The fourth-order valence-corrected chi connectivity index (χ4v) is 4.55. The van der Waals surface area contributed by atoms with E-state index in [1.807, 2.05) is 6.07 Å². The Morgan fingerprint density at radius 1 is 1.03 bits per heavy atom. The summed E-state index contributed by atoms with van der Waals surface area (Å²) in [5.74, 6) is -1.18. The number of carbonyl (C=O) groups is 2. The van der Waals surface area contributed by atoms with Crippen molar-refractivity contribution in [3.05, 3.63) is 94.0 Å². The number of anilines is 1. The molecule has 1 amide bonds. The highest BCUT2D eigenvalue weighted by molar-refractivity contribution is 6.51. The number of amides is 1. The number of hydrogen-bond acceptors (Lipinski definition) is 5. The Bertz CT molecular complexity index is 1300. The zero-order valence-corrected chi connectivity index (χ0v) is 18.2. The molecule has 0 spiro atoms. The summed E-state index contributed by atoms with van der Waals surface area (Å²) in [5, 5.41) is 21.3. The molecule has 1 saturated heterocycles. The Morgan fingerprint density at radius 3 is 2.58 bits per heavy atom. The molecule has 166 valence electrons. The van der Waals surface area contributed by atoms with Crippen molar-refractivity contribution in [1.82, 2.24) is 0 Å². The number of fused-ring (bicyclic) bond motifs is 1. The van der Waals surface area contributed by atoms with Crippen LogP contribution in [0.4, 0.5) is 5.69 Å². The van der Waals surface area contributed by atoms with E-state index in [9.17, 15) is 19.8 Å². The number of benzene rings is 3. The van der Waals surface area contributed by atoms with Crippen LogP contribution in [0, 0.1) is 0 Å². The number of aromatic hydroxyl groups is 1. The number of para-hydroxylation sites is 1. The monoisotopic (exact) mass is 461 g/mol. The first-order valence-electron chi connectivity index (χ1n) is 10.6. The quantitative estimate of drug-likeness (QED) is 0.326. The van der Waals surface area contributed by atoms with Gasteiger partial charge in [-0.05, 0) is 66.4 Å². The summed E-state index contributed by atoms with van der Waals surface area (Å²) >= 11 is 6.15. The second kappa shape index (κ2) is 8.30. The highest BCUT2D eigenvalue weighted by Gasteiger charge is 2.47. The third kappa shape index (κ3) is 3.62. The summed E-state index contributed by atoms with van der Waals surface area (Å²) in [6, 6.07) is 17.6. The van der Waals surface area contributed by atoms with Crippen molar-refractivity contribution in [1.29, 1.82) is 0 Å². The Labute approximate surface area is 195 Å². The Kier molecular flexibility index (Phi) is 5.30. The molecule has 1 atom stereocenters. The minimum atomic E-state index is -0.919. The van der Waals surface area contributed by atoms with E-state index >= 15 is 0 Å². The van der Waals surface area contributed by atoms with Crippen molar-refractivity contribution in [3.8, 4) is 11.5 Å². The Hall–Kier alpha value is -3.77. The van der Waals surface area contributed by atoms with E-state index in [0.29, 0.717) is 23.4 Å². The topological polar surface area (TPSA) is 87.1 Å². The molecule has 2 aliphatic heterocycles. The van der Waals surface area contributed by atoms with E-state index in [1.165, 1.54) is 17.0 Å². The van der Waals surface area contributed by atoms with Crippen molar-refractivity contribution in [3.63, 3.8) is 0 Å². The van der Waals surface area contributed by atoms with Crippen molar-refractivity contribution < 1.29 is 24.5 Å². The molecule has 6 nitrogen and oxygen atoms in total. The van der Waals surface area contributed by atoms with Gasteiger partial charge in [0.25, 0.3) is 11.7 Å². The number of rotatable bonds is 3. The zero-order valence-electron chi connectivity index (χ0n) is 17.5. The molecular weight excluding hydrogens is 442 g/mol. The van der Waals surface area contributed by atoms with E-state index in [0.717, 1.165) is 24.2 Å². The number of Topliss-reactive ketones (excluding diaryl/α,β-unsaturated/α-hetero) is 1. The number of phenolic OH excluding ortho intramolecular Hbond substituents is 1. The fourth-order valence-electron chi connectivity index (χ4n) is 4.36. The molecule has 0 aromatic heterocycles. The maximum Gasteiger partial charge on any atom is 0.300 e. The number of hydrogen-bond donors (Lipinski definition) is 2. The van der Waals surface area contributed by atoms with Gasteiger partial charge in [-0.25, -0.2) is 0 Å². The highest BCUT2D eigenvalue weighted by Crippen LogP contribution is 2.43. The fraction of sp³-hybridized carbons (Fsp3) is 0.154. The van der Waals surface area contributed by atoms with E-state index in [2.05, 4.69) is 0 Å². The van der Waals surface area contributed by atoms with Gasteiger partial charge in [0.1, 0.15) is 17.3 Å². The number of ether oxygens (including phenoxy) is 1. The number of ketones is 1. The highest BCUT2D eigenvalue weighted by atomic mass is 35.5. The van der Waals surface area contributed by atoms with Gasteiger partial charge < -0.3 is 14.9 Å². The SMILES string of the molecule is O=C1C(=O)N(c2ccccc2)C(c2ccc(O)c(Cl)c2)/C1=C(/O)c1ccc2c(c1)CCCO2. The van der Waals surface area contributed by atoms with Crippen molar-refractivity contribution in [2.45, 2.75) is 18.9 Å². The smallest absolute Gasteiger partial charge is 0.300 e. The Morgan fingerprint density at radius 2 is 1.82 bits per heavy atom. The number of phenols is 1. The van der Waals surface area contributed by atoms with Crippen LogP contribution >= 0.6 is 11.6 Å². The zero-order chi connectivity index (χ0) is 23.1. The van der Waals surface area contributed by atoms with Gasteiger partial charge in [-0.15, -0.1) is 0 Å². The van der Waals surface area contributed by atoms with Crippen molar-refractivity contribution in [2.24, 2.45) is 0 Å². The maximum absolute atomic E-state index is 13.2. The molecule has 33 heavy (non-hydrogen) atoms. The number of nitrogens with zero attached hydrogens (tertiary/aromatic N) is 1. The summed E-state index contributed by atoms with van der Waals surface area (Å²) in [6.07, 6.45) is 1.66. The Balaban J connectivity index is 1.71. The number of aryl methyl sites for hydroxylation is 1. The average Bonchev–Trinajstić information content (AvgIpc) is 3.11. The lowest BCUT2D eigenvalue weighted by molar-refractivity contribution is -0.132. The molecule has 0 aliphatic carbocycles. The molecule has 2 N–H and O–H groups in total. The van der Waals surface area contributed by atoms with Crippen LogP contribution in [0.3, 0.4) is 0 Å².